The van der Waals surface area contributed by atoms with Gasteiger partial charge in [-0.2, -0.15) is 0 Å². The number of halogens is 1. The molecule has 1 aliphatic rings. The molecule has 1 fully saturated rings. The van der Waals surface area contributed by atoms with Gasteiger partial charge in [0.25, 0.3) is 5.91 Å². The lowest BCUT2D eigenvalue weighted by Crippen LogP contribution is -2.46. The van der Waals surface area contributed by atoms with Crippen LogP contribution in [0.2, 0.25) is 0 Å². The van der Waals surface area contributed by atoms with Crippen LogP contribution in [0.4, 0.5) is 0 Å². The number of hydrogen-bond acceptors (Lipinski definition) is 3. The number of carbonyl (C=O) groups is 1. The quantitative estimate of drug-likeness (QED) is 0.871. The highest BCUT2D eigenvalue weighted by molar-refractivity contribution is 5.85. The van der Waals surface area contributed by atoms with Gasteiger partial charge >= 0.3 is 0 Å². The van der Waals surface area contributed by atoms with Crippen molar-refractivity contribution in [2.24, 2.45) is 11.7 Å². The van der Waals surface area contributed by atoms with E-state index < -0.39 is 0 Å². The van der Waals surface area contributed by atoms with Crippen LogP contribution in [0.1, 0.15) is 25.7 Å². The Morgan fingerprint density at radius 1 is 1.12 bits per heavy atom. The van der Waals surface area contributed by atoms with Crippen LogP contribution in [-0.4, -0.2) is 25.1 Å². The number of carbonyl (C=O) groups excluding carboxylic acids is 1. The van der Waals surface area contributed by atoms with Crippen LogP contribution in [0.15, 0.2) is 42.5 Å². The summed E-state index contributed by atoms with van der Waals surface area (Å²) in [6, 6.07) is 14.2. The van der Waals surface area contributed by atoms with Gasteiger partial charge in [0.2, 0.25) is 0 Å². The van der Waals surface area contributed by atoms with E-state index in [1.54, 1.807) is 0 Å². The third-order valence-corrected chi connectivity index (χ3v) is 4.65. The smallest absolute Gasteiger partial charge is 0.258 e. The molecule has 0 heterocycles. The fraction of sp³-hybridized carbons (Fsp3) is 0.421. The first kappa shape index (κ1) is 18.6. The molecule has 1 saturated carbocycles. The first-order chi connectivity index (χ1) is 11.3. The van der Waals surface area contributed by atoms with E-state index in [-0.39, 0.29) is 31.0 Å². The van der Waals surface area contributed by atoms with E-state index >= 15 is 0 Å². The summed E-state index contributed by atoms with van der Waals surface area (Å²) in [7, 11) is 0. The lowest BCUT2D eigenvalue weighted by molar-refractivity contribution is -0.124. The van der Waals surface area contributed by atoms with E-state index in [1.807, 2.05) is 36.4 Å². The lowest BCUT2D eigenvalue weighted by Gasteiger charge is -2.31. The molecular formula is C19H25ClN2O2. The zero-order chi connectivity index (χ0) is 16.1. The molecule has 130 valence electrons. The van der Waals surface area contributed by atoms with Crippen molar-refractivity contribution < 1.29 is 9.53 Å². The molecule has 1 amide bonds. The van der Waals surface area contributed by atoms with Gasteiger partial charge < -0.3 is 15.8 Å². The van der Waals surface area contributed by atoms with Crippen molar-refractivity contribution in [1.29, 1.82) is 0 Å². The summed E-state index contributed by atoms with van der Waals surface area (Å²) in [6.45, 7) is 0.683. The van der Waals surface area contributed by atoms with Crippen molar-refractivity contribution in [3.63, 3.8) is 0 Å². The van der Waals surface area contributed by atoms with Gasteiger partial charge in [-0.1, -0.05) is 43.2 Å². The SMILES string of the molecule is Cl.NCC1CCCCC1NC(=O)COc1ccc2ccccc2c1. The number of benzene rings is 2. The van der Waals surface area contributed by atoms with Crippen molar-refractivity contribution in [2.45, 2.75) is 31.7 Å². The maximum Gasteiger partial charge on any atom is 0.258 e. The Balaban J connectivity index is 0.00000208. The predicted octanol–water partition coefficient (Wildman–Crippen LogP) is 3.27. The van der Waals surface area contributed by atoms with Gasteiger partial charge in [0.1, 0.15) is 5.75 Å². The molecule has 0 bridgehead atoms. The molecule has 2 unspecified atom stereocenters. The van der Waals surface area contributed by atoms with Crippen molar-refractivity contribution in [1.82, 2.24) is 5.32 Å². The van der Waals surface area contributed by atoms with Crippen molar-refractivity contribution in [3.8, 4) is 5.75 Å². The molecule has 0 aromatic heterocycles. The van der Waals surface area contributed by atoms with Crippen molar-refractivity contribution in [2.75, 3.05) is 13.2 Å². The minimum Gasteiger partial charge on any atom is -0.484 e. The molecule has 5 heteroatoms. The molecule has 0 saturated heterocycles. The standard InChI is InChI=1S/C19H24N2O2.ClH/c20-12-16-7-3-4-8-18(16)21-19(22)13-23-17-10-9-14-5-1-2-6-15(14)11-17;/h1-2,5-6,9-11,16,18H,3-4,7-8,12-13,20H2,(H,21,22);1H. The number of rotatable bonds is 5. The normalized spacial score (nSPS) is 20.2. The lowest BCUT2D eigenvalue weighted by atomic mass is 9.84. The fourth-order valence-corrected chi connectivity index (χ4v) is 3.33. The van der Waals surface area contributed by atoms with Gasteiger partial charge in [-0.3, -0.25) is 4.79 Å². The molecule has 1 aliphatic carbocycles. The van der Waals surface area contributed by atoms with Gasteiger partial charge in [0.05, 0.1) is 0 Å². The van der Waals surface area contributed by atoms with Crippen LogP contribution in [-0.2, 0) is 4.79 Å². The number of amides is 1. The zero-order valence-electron chi connectivity index (χ0n) is 13.7. The van der Waals surface area contributed by atoms with Crippen LogP contribution in [0.3, 0.4) is 0 Å². The summed E-state index contributed by atoms with van der Waals surface area (Å²) in [5.74, 6) is 1.05. The highest BCUT2D eigenvalue weighted by Gasteiger charge is 2.25. The Hall–Kier alpha value is -1.78. The number of hydrogen-bond donors (Lipinski definition) is 2. The van der Waals surface area contributed by atoms with Crippen LogP contribution in [0.5, 0.6) is 5.75 Å². The molecule has 24 heavy (non-hydrogen) atoms. The minimum absolute atomic E-state index is 0. The van der Waals surface area contributed by atoms with E-state index in [0.29, 0.717) is 12.5 Å². The molecule has 2 atom stereocenters. The topological polar surface area (TPSA) is 64.3 Å². The second-order valence-electron chi connectivity index (χ2n) is 6.25. The minimum atomic E-state index is -0.0662. The van der Waals surface area contributed by atoms with Crippen LogP contribution < -0.4 is 15.8 Å². The maximum atomic E-state index is 12.1. The molecule has 2 aromatic carbocycles. The zero-order valence-corrected chi connectivity index (χ0v) is 14.6. The molecule has 0 aliphatic heterocycles. The Bertz CT molecular complexity index is 677. The number of nitrogens with one attached hydrogen (secondary N) is 1. The molecule has 2 aromatic rings. The summed E-state index contributed by atoms with van der Waals surface area (Å²) < 4.78 is 5.64. The van der Waals surface area contributed by atoms with E-state index in [9.17, 15) is 4.79 Å². The molecule has 3 N–H and O–H groups in total. The third-order valence-electron chi connectivity index (χ3n) is 4.65. The summed E-state index contributed by atoms with van der Waals surface area (Å²) in [5.41, 5.74) is 5.80. The van der Waals surface area contributed by atoms with Gasteiger partial charge in [0.15, 0.2) is 6.61 Å². The van der Waals surface area contributed by atoms with Crippen LogP contribution in [0.25, 0.3) is 10.8 Å². The first-order valence-corrected chi connectivity index (χ1v) is 8.37. The van der Waals surface area contributed by atoms with Crippen molar-refractivity contribution >= 4 is 29.1 Å². The van der Waals surface area contributed by atoms with E-state index in [2.05, 4.69) is 11.4 Å². The van der Waals surface area contributed by atoms with Crippen LogP contribution >= 0.6 is 12.4 Å². The average Bonchev–Trinajstić information content (AvgIpc) is 2.60. The number of fused-ring (bicyclic) bond motifs is 1. The molecule has 0 radical (unpaired) electrons. The molecular weight excluding hydrogens is 324 g/mol. The highest BCUT2D eigenvalue weighted by atomic mass is 35.5. The molecule has 3 rings (SSSR count). The Morgan fingerprint density at radius 2 is 1.88 bits per heavy atom. The third kappa shape index (κ3) is 4.62. The second-order valence-corrected chi connectivity index (χ2v) is 6.25. The second kappa shape index (κ2) is 8.90. The van der Waals surface area contributed by atoms with Gasteiger partial charge in [-0.05, 0) is 48.2 Å². The summed E-state index contributed by atoms with van der Waals surface area (Å²) in [5, 5.41) is 5.36. The fourth-order valence-electron chi connectivity index (χ4n) is 3.33. The maximum absolute atomic E-state index is 12.1. The first-order valence-electron chi connectivity index (χ1n) is 8.37. The number of nitrogens with two attached hydrogens (primary N) is 1. The van der Waals surface area contributed by atoms with E-state index in [4.69, 9.17) is 10.5 Å². The van der Waals surface area contributed by atoms with Crippen molar-refractivity contribution in [3.05, 3.63) is 42.5 Å². The number of ether oxygens (including phenoxy) is 1. The Morgan fingerprint density at radius 3 is 2.67 bits per heavy atom. The Kier molecular flexibility index (Phi) is 6.88. The van der Waals surface area contributed by atoms with Gasteiger partial charge in [0, 0.05) is 6.04 Å². The largest absolute Gasteiger partial charge is 0.484 e. The highest BCUT2D eigenvalue weighted by Crippen LogP contribution is 2.24. The Labute approximate surface area is 149 Å². The van der Waals surface area contributed by atoms with Gasteiger partial charge in [-0.15, -0.1) is 12.4 Å². The van der Waals surface area contributed by atoms with E-state index in [1.165, 1.54) is 6.42 Å². The summed E-state index contributed by atoms with van der Waals surface area (Å²) >= 11 is 0. The summed E-state index contributed by atoms with van der Waals surface area (Å²) in [4.78, 5) is 12.1. The average molecular weight is 349 g/mol. The molecule has 4 nitrogen and oxygen atoms in total. The van der Waals surface area contributed by atoms with Gasteiger partial charge in [-0.25, -0.2) is 0 Å². The monoisotopic (exact) mass is 348 g/mol. The molecule has 0 spiro atoms. The van der Waals surface area contributed by atoms with E-state index in [0.717, 1.165) is 35.8 Å². The predicted molar refractivity (Wildman–Crippen MR) is 99.6 cm³/mol. The van der Waals surface area contributed by atoms with Crippen LogP contribution in [0, 0.1) is 5.92 Å². The summed E-state index contributed by atoms with van der Waals surface area (Å²) in [6.07, 6.45) is 4.49.